The van der Waals surface area contributed by atoms with Gasteiger partial charge in [-0.05, 0) is 29.9 Å². The molecule has 23 heavy (non-hydrogen) atoms. The number of methoxy groups -OCH3 is 1. The molecule has 0 bridgehead atoms. The van der Waals surface area contributed by atoms with Gasteiger partial charge in [-0.15, -0.1) is 0 Å². The minimum Gasteiger partial charge on any atom is -0.497 e. The standard InChI is InChI=1S/C18H28N2O2S/c1-14-17(7-12-23-14)19-13-18(20-8-10-22-11-9-20)15-3-5-16(21-2)6-4-15/h3-6,14,17-19H,7-13H2,1-2H3/t14-,17-,18+/m1/s1. The number of morpholine rings is 1. The SMILES string of the molecule is COc1ccc([C@H](CN[C@@H]2CCS[C@@H]2C)N2CCOCC2)cc1. The maximum atomic E-state index is 5.53. The van der Waals surface area contributed by atoms with Crippen molar-refractivity contribution in [3.8, 4) is 5.75 Å². The van der Waals surface area contributed by atoms with Crippen LogP contribution in [0.5, 0.6) is 5.75 Å². The molecule has 1 N–H and O–H groups in total. The summed E-state index contributed by atoms with van der Waals surface area (Å²) in [4.78, 5) is 2.55. The zero-order valence-electron chi connectivity index (χ0n) is 14.2. The molecule has 2 fully saturated rings. The Hall–Kier alpha value is -0.750. The maximum absolute atomic E-state index is 5.53. The van der Waals surface area contributed by atoms with Gasteiger partial charge in [0.1, 0.15) is 5.75 Å². The zero-order chi connectivity index (χ0) is 16.1. The highest BCUT2D eigenvalue weighted by Gasteiger charge is 2.27. The summed E-state index contributed by atoms with van der Waals surface area (Å²) >= 11 is 2.08. The van der Waals surface area contributed by atoms with E-state index in [9.17, 15) is 0 Å². The van der Waals surface area contributed by atoms with Crippen LogP contribution < -0.4 is 10.1 Å². The van der Waals surface area contributed by atoms with Crippen LogP contribution in [0.3, 0.4) is 0 Å². The molecule has 0 radical (unpaired) electrons. The molecule has 0 spiro atoms. The molecule has 0 amide bonds. The lowest BCUT2D eigenvalue weighted by atomic mass is 10.0. The van der Waals surface area contributed by atoms with Gasteiger partial charge >= 0.3 is 0 Å². The van der Waals surface area contributed by atoms with E-state index < -0.39 is 0 Å². The Morgan fingerprint density at radius 1 is 1.30 bits per heavy atom. The van der Waals surface area contributed by atoms with Crippen molar-refractivity contribution in [1.29, 1.82) is 0 Å². The van der Waals surface area contributed by atoms with Crippen LogP contribution in [0.1, 0.15) is 24.9 Å². The largest absolute Gasteiger partial charge is 0.497 e. The Morgan fingerprint density at radius 3 is 2.65 bits per heavy atom. The fourth-order valence-corrected chi connectivity index (χ4v) is 4.66. The van der Waals surface area contributed by atoms with Crippen LogP contribution in [0.4, 0.5) is 0 Å². The molecule has 2 aliphatic rings. The van der Waals surface area contributed by atoms with Crippen LogP contribution in [-0.2, 0) is 4.74 Å². The third-order valence-electron chi connectivity index (χ3n) is 4.94. The average molecular weight is 337 g/mol. The first-order chi connectivity index (χ1) is 11.3. The first-order valence-corrected chi connectivity index (χ1v) is 9.63. The number of rotatable bonds is 6. The summed E-state index contributed by atoms with van der Waals surface area (Å²) in [6.07, 6.45) is 1.28. The third kappa shape index (κ3) is 4.41. The Kier molecular flexibility index (Phi) is 6.22. The molecule has 1 aromatic carbocycles. The predicted molar refractivity (Wildman–Crippen MR) is 96.5 cm³/mol. The summed E-state index contributed by atoms with van der Waals surface area (Å²) in [5.41, 5.74) is 1.36. The molecule has 0 aliphatic carbocycles. The molecular formula is C18H28N2O2S. The first-order valence-electron chi connectivity index (χ1n) is 8.58. The number of hydrogen-bond donors (Lipinski definition) is 1. The van der Waals surface area contributed by atoms with E-state index in [-0.39, 0.29) is 0 Å². The van der Waals surface area contributed by atoms with Crippen LogP contribution in [-0.4, -0.2) is 61.9 Å². The van der Waals surface area contributed by atoms with Gasteiger partial charge in [-0.2, -0.15) is 11.8 Å². The van der Waals surface area contributed by atoms with Crippen molar-refractivity contribution in [3.63, 3.8) is 0 Å². The number of hydrogen-bond acceptors (Lipinski definition) is 5. The van der Waals surface area contributed by atoms with Crippen molar-refractivity contribution in [3.05, 3.63) is 29.8 Å². The summed E-state index contributed by atoms with van der Waals surface area (Å²) in [6.45, 7) is 7.03. The van der Waals surface area contributed by atoms with Crippen LogP contribution in [0, 0.1) is 0 Å². The molecule has 128 valence electrons. The van der Waals surface area contributed by atoms with Crippen molar-refractivity contribution in [2.24, 2.45) is 0 Å². The Morgan fingerprint density at radius 2 is 2.04 bits per heavy atom. The van der Waals surface area contributed by atoms with Gasteiger partial charge in [-0.1, -0.05) is 19.1 Å². The number of ether oxygens (including phenoxy) is 2. The first kappa shape index (κ1) is 17.1. The molecule has 1 aromatic rings. The topological polar surface area (TPSA) is 33.7 Å². The molecule has 2 saturated heterocycles. The number of benzene rings is 1. The van der Waals surface area contributed by atoms with Gasteiger partial charge in [-0.3, -0.25) is 4.90 Å². The predicted octanol–water partition coefficient (Wildman–Crippen LogP) is 2.55. The van der Waals surface area contributed by atoms with E-state index in [0.717, 1.165) is 43.8 Å². The lowest BCUT2D eigenvalue weighted by molar-refractivity contribution is 0.0156. The fraction of sp³-hybridized carbons (Fsp3) is 0.667. The minimum atomic E-state index is 0.405. The highest BCUT2D eigenvalue weighted by Crippen LogP contribution is 2.28. The van der Waals surface area contributed by atoms with Crippen LogP contribution >= 0.6 is 11.8 Å². The van der Waals surface area contributed by atoms with E-state index in [1.54, 1.807) is 7.11 Å². The van der Waals surface area contributed by atoms with Crippen molar-refractivity contribution in [1.82, 2.24) is 10.2 Å². The van der Waals surface area contributed by atoms with E-state index in [4.69, 9.17) is 9.47 Å². The molecule has 0 saturated carbocycles. The normalized spacial score (nSPS) is 27.0. The van der Waals surface area contributed by atoms with Gasteiger partial charge in [0, 0.05) is 37.0 Å². The fourth-order valence-electron chi connectivity index (χ4n) is 3.44. The van der Waals surface area contributed by atoms with Gasteiger partial charge in [-0.25, -0.2) is 0 Å². The van der Waals surface area contributed by atoms with Crippen LogP contribution in [0.25, 0.3) is 0 Å². The lowest BCUT2D eigenvalue weighted by Gasteiger charge is -2.36. The summed E-state index contributed by atoms with van der Waals surface area (Å²) < 4.78 is 10.8. The monoisotopic (exact) mass is 336 g/mol. The number of thioether (sulfide) groups is 1. The average Bonchev–Trinajstić information content (AvgIpc) is 3.02. The summed E-state index contributed by atoms with van der Waals surface area (Å²) in [5.74, 6) is 2.20. The van der Waals surface area contributed by atoms with Crippen molar-refractivity contribution in [2.75, 3.05) is 45.7 Å². The second kappa shape index (κ2) is 8.38. The second-order valence-electron chi connectivity index (χ2n) is 6.32. The van der Waals surface area contributed by atoms with E-state index >= 15 is 0 Å². The van der Waals surface area contributed by atoms with E-state index in [0.29, 0.717) is 12.1 Å². The molecule has 3 atom stereocenters. The number of nitrogens with zero attached hydrogens (tertiary/aromatic N) is 1. The van der Waals surface area contributed by atoms with Gasteiger partial charge in [0.05, 0.1) is 20.3 Å². The van der Waals surface area contributed by atoms with Gasteiger partial charge in [0.25, 0.3) is 0 Å². The molecule has 4 nitrogen and oxygen atoms in total. The van der Waals surface area contributed by atoms with Crippen LogP contribution in [0.15, 0.2) is 24.3 Å². The molecule has 0 aromatic heterocycles. The lowest BCUT2D eigenvalue weighted by Crippen LogP contribution is -2.45. The van der Waals surface area contributed by atoms with Crippen LogP contribution in [0.2, 0.25) is 0 Å². The van der Waals surface area contributed by atoms with Gasteiger partial charge in [0.2, 0.25) is 0 Å². The Labute approximate surface area is 143 Å². The molecule has 0 unspecified atom stereocenters. The van der Waals surface area contributed by atoms with Gasteiger partial charge in [0.15, 0.2) is 0 Å². The minimum absolute atomic E-state index is 0.405. The Bertz CT molecular complexity index is 476. The highest BCUT2D eigenvalue weighted by atomic mass is 32.2. The maximum Gasteiger partial charge on any atom is 0.118 e. The summed E-state index contributed by atoms with van der Waals surface area (Å²) in [6, 6.07) is 9.58. The van der Waals surface area contributed by atoms with Crippen molar-refractivity contribution < 1.29 is 9.47 Å². The van der Waals surface area contributed by atoms with Crippen molar-refractivity contribution >= 4 is 11.8 Å². The quantitative estimate of drug-likeness (QED) is 0.863. The second-order valence-corrected chi connectivity index (χ2v) is 7.80. The number of nitrogens with one attached hydrogen (secondary N) is 1. The summed E-state index contributed by atoms with van der Waals surface area (Å²) in [5, 5.41) is 4.54. The van der Waals surface area contributed by atoms with E-state index in [2.05, 4.69) is 53.2 Å². The highest BCUT2D eigenvalue weighted by molar-refractivity contribution is 8.00. The van der Waals surface area contributed by atoms with E-state index in [1.165, 1.54) is 17.7 Å². The van der Waals surface area contributed by atoms with E-state index in [1.807, 2.05) is 0 Å². The Balaban J connectivity index is 1.69. The molecule has 5 heteroatoms. The smallest absolute Gasteiger partial charge is 0.118 e. The summed E-state index contributed by atoms with van der Waals surface area (Å²) in [7, 11) is 1.72. The molecular weight excluding hydrogens is 308 g/mol. The van der Waals surface area contributed by atoms with Gasteiger partial charge < -0.3 is 14.8 Å². The third-order valence-corrected chi connectivity index (χ3v) is 6.26. The molecule has 3 rings (SSSR count). The van der Waals surface area contributed by atoms with Crippen molar-refractivity contribution in [2.45, 2.75) is 30.7 Å². The zero-order valence-corrected chi connectivity index (χ0v) is 15.0. The molecule has 2 heterocycles. The molecule has 2 aliphatic heterocycles.